The number of hydrogen-bond acceptors (Lipinski definition) is 9. The molecule has 9 heteroatoms. The molecule has 0 aliphatic rings. The van der Waals surface area contributed by atoms with Crippen molar-refractivity contribution >= 4 is 39.6 Å². The van der Waals surface area contributed by atoms with Gasteiger partial charge in [0.2, 0.25) is 11.0 Å². The summed E-state index contributed by atoms with van der Waals surface area (Å²) in [5.74, 6) is 3.09. The number of hydrogen-bond donors (Lipinski definition) is 1. The van der Waals surface area contributed by atoms with E-state index in [1.54, 1.807) is 29.4 Å². The molecule has 4 heterocycles. The average molecular weight is 391 g/mol. The third-order valence-corrected chi connectivity index (χ3v) is 6.24. The molecule has 0 aliphatic heterocycles. The van der Waals surface area contributed by atoms with Crippen LogP contribution in [0.25, 0.3) is 10.8 Å². The fraction of sp³-hybridized carbons (Fsp3) is 0.188. The van der Waals surface area contributed by atoms with Crippen molar-refractivity contribution in [2.75, 3.05) is 5.32 Å². The van der Waals surface area contributed by atoms with Crippen molar-refractivity contribution in [3.63, 3.8) is 0 Å². The average Bonchev–Trinajstić information content (AvgIpc) is 3.38. The van der Waals surface area contributed by atoms with Crippen molar-refractivity contribution in [3.05, 3.63) is 53.1 Å². The van der Waals surface area contributed by atoms with E-state index >= 15 is 0 Å². The molecule has 0 bridgehead atoms. The Kier molecular flexibility index (Phi) is 4.86. The van der Waals surface area contributed by atoms with Crippen LogP contribution in [-0.4, -0.2) is 15.2 Å². The van der Waals surface area contributed by atoms with Crippen LogP contribution < -0.4 is 5.32 Å². The van der Waals surface area contributed by atoms with Gasteiger partial charge in [0, 0.05) is 5.75 Å². The van der Waals surface area contributed by atoms with E-state index in [1.165, 1.54) is 11.3 Å². The number of rotatable bonds is 7. The second kappa shape index (κ2) is 7.42. The minimum atomic E-state index is 0.596. The first-order valence-corrected chi connectivity index (χ1v) is 10.2. The van der Waals surface area contributed by atoms with Crippen molar-refractivity contribution in [2.24, 2.45) is 0 Å². The van der Waals surface area contributed by atoms with Crippen molar-refractivity contribution in [2.45, 2.75) is 23.6 Å². The van der Waals surface area contributed by atoms with Crippen LogP contribution in [0.15, 0.2) is 49.1 Å². The van der Waals surface area contributed by atoms with Gasteiger partial charge in [-0.2, -0.15) is 0 Å². The molecule has 4 rings (SSSR count). The highest BCUT2D eigenvalue weighted by Crippen LogP contribution is 2.31. The Morgan fingerprint density at radius 2 is 2.20 bits per heavy atom. The lowest BCUT2D eigenvalue weighted by molar-refractivity contribution is 0.518. The highest BCUT2D eigenvalue weighted by atomic mass is 32.2. The molecular formula is C16H14N4O2S3. The van der Waals surface area contributed by atoms with Crippen LogP contribution in [0.2, 0.25) is 0 Å². The van der Waals surface area contributed by atoms with Gasteiger partial charge in [-0.15, -0.1) is 21.5 Å². The lowest BCUT2D eigenvalue weighted by Gasteiger charge is -1.97. The quantitative estimate of drug-likeness (QED) is 0.442. The fourth-order valence-electron chi connectivity index (χ4n) is 2.11. The molecule has 4 aromatic heterocycles. The van der Waals surface area contributed by atoms with Crippen LogP contribution in [0, 0.1) is 6.92 Å². The molecule has 0 atom stereocenters. The maximum absolute atomic E-state index is 5.76. The highest BCUT2D eigenvalue weighted by molar-refractivity contribution is 8.00. The smallest absolute Gasteiger partial charge is 0.236 e. The van der Waals surface area contributed by atoms with E-state index in [4.69, 9.17) is 8.83 Å². The van der Waals surface area contributed by atoms with E-state index in [1.807, 2.05) is 36.6 Å². The second-order valence-corrected chi connectivity index (χ2v) is 8.24. The monoisotopic (exact) mass is 390 g/mol. The van der Waals surface area contributed by atoms with Gasteiger partial charge < -0.3 is 14.2 Å². The summed E-state index contributed by atoms with van der Waals surface area (Å²) in [5, 5.41) is 14.3. The molecule has 0 aromatic carbocycles. The molecule has 0 unspecified atom stereocenters. The molecule has 0 amide bonds. The Bertz CT molecular complexity index is 929. The minimum absolute atomic E-state index is 0.596. The van der Waals surface area contributed by atoms with Gasteiger partial charge in [-0.1, -0.05) is 29.2 Å². The van der Waals surface area contributed by atoms with Crippen LogP contribution in [0.1, 0.15) is 17.2 Å². The molecule has 128 valence electrons. The first-order chi connectivity index (χ1) is 12.3. The van der Waals surface area contributed by atoms with Crippen molar-refractivity contribution in [1.82, 2.24) is 15.2 Å². The molecule has 0 fully saturated rings. The SMILES string of the molecule is Cc1oc(-c2cccs2)nc1CSc1nnc(NCc2ccco2)s1. The van der Waals surface area contributed by atoms with Gasteiger partial charge in [-0.3, -0.25) is 0 Å². The lowest BCUT2D eigenvalue weighted by Crippen LogP contribution is -1.96. The van der Waals surface area contributed by atoms with Gasteiger partial charge in [0.25, 0.3) is 0 Å². The van der Waals surface area contributed by atoms with Gasteiger partial charge in [0.05, 0.1) is 23.4 Å². The topological polar surface area (TPSA) is 77.0 Å². The summed E-state index contributed by atoms with van der Waals surface area (Å²) in [6.07, 6.45) is 1.66. The number of furan rings is 1. The van der Waals surface area contributed by atoms with E-state index in [0.29, 0.717) is 18.2 Å². The van der Waals surface area contributed by atoms with Crippen molar-refractivity contribution in [3.8, 4) is 10.8 Å². The number of anilines is 1. The molecule has 1 N–H and O–H groups in total. The normalized spacial score (nSPS) is 11.1. The number of aryl methyl sites for hydroxylation is 1. The predicted octanol–water partition coefficient (Wildman–Crippen LogP) is 5.06. The zero-order valence-electron chi connectivity index (χ0n) is 13.3. The molecular weight excluding hydrogens is 376 g/mol. The summed E-state index contributed by atoms with van der Waals surface area (Å²) < 4.78 is 11.9. The molecule has 0 aliphatic carbocycles. The molecule has 25 heavy (non-hydrogen) atoms. The maximum atomic E-state index is 5.76. The second-order valence-electron chi connectivity index (χ2n) is 5.09. The number of thioether (sulfide) groups is 1. The number of thiophene rings is 1. The van der Waals surface area contributed by atoms with Crippen LogP contribution in [0.3, 0.4) is 0 Å². The minimum Gasteiger partial charge on any atom is -0.467 e. The van der Waals surface area contributed by atoms with Crippen molar-refractivity contribution in [1.29, 1.82) is 0 Å². The van der Waals surface area contributed by atoms with Gasteiger partial charge in [-0.25, -0.2) is 4.98 Å². The van der Waals surface area contributed by atoms with Gasteiger partial charge in [0.1, 0.15) is 11.5 Å². The zero-order valence-corrected chi connectivity index (χ0v) is 15.7. The summed E-state index contributed by atoms with van der Waals surface area (Å²) in [6, 6.07) is 7.78. The van der Waals surface area contributed by atoms with Gasteiger partial charge in [-0.05, 0) is 30.5 Å². The predicted molar refractivity (Wildman–Crippen MR) is 100 cm³/mol. The summed E-state index contributed by atoms with van der Waals surface area (Å²) in [5.41, 5.74) is 0.939. The largest absolute Gasteiger partial charge is 0.467 e. The number of nitrogens with zero attached hydrogens (tertiary/aromatic N) is 3. The first-order valence-electron chi connectivity index (χ1n) is 7.50. The Hall–Kier alpha value is -2.10. The molecule has 0 radical (unpaired) electrons. The highest BCUT2D eigenvalue weighted by Gasteiger charge is 2.14. The molecule has 0 spiro atoms. The first kappa shape index (κ1) is 16.4. The summed E-state index contributed by atoms with van der Waals surface area (Å²) in [7, 11) is 0. The number of aromatic nitrogens is 3. The molecule has 0 saturated heterocycles. The van der Waals surface area contributed by atoms with E-state index in [-0.39, 0.29) is 0 Å². The van der Waals surface area contributed by atoms with E-state index < -0.39 is 0 Å². The summed E-state index contributed by atoms with van der Waals surface area (Å²) in [4.78, 5) is 5.64. The Morgan fingerprint density at radius 3 is 3.00 bits per heavy atom. The standard InChI is InChI=1S/C16H14N4O2S3/c1-10-12(18-14(22-10)13-5-3-7-23-13)9-24-16-20-19-15(25-16)17-8-11-4-2-6-21-11/h2-7H,8-9H2,1H3,(H,17,19). The molecule has 4 aromatic rings. The van der Waals surface area contributed by atoms with Crippen LogP contribution in [-0.2, 0) is 12.3 Å². The van der Waals surface area contributed by atoms with Crippen LogP contribution >= 0.6 is 34.4 Å². The van der Waals surface area contributed by atoms with E-state index in [0.717, 1.165) is 31.6 Å². The Labute approximate surface area is 156 Å². The van der Waals surface area contributed by atoms with Gasteiger partial charge >= 0.3 is 0 Å². The zero-order chi connectivity index (χ0) is 17.1. The van der Waals surface area contributed by atoms with Gasteiger partial charge in [0.15, 0.2) is 4.34 Å². The lowest BCUT2D eigenvalue weighted by atomic mass is 10.4. The molecule has 6 nitrogen and oxygen atoms in total. The molecule has 0 saturated carbocycles. The number of nitrogens with one attached hydrogen (secondary N) is 1. The van der Waals surface area contributed by atoms with Crippen LogP contribution in [0.5, 0.6) is 0 Å². The van der Waals surface area contributed by atoms with E-state index in [9.17, 15) is 0 Å². The Morgan fingerprint density at radius 1 is 1.24 bits per heavy atom. The van der Waals surface area contributed by atoms with Crippen molar-refractivity contribution < 1.29 is 8.83 Å². The fourth-order valence-corrected chi connectivity index (χ4v) is 4.51. The third kappa shape index (κ3) is 3.94. The third-order valence-electron chi connectivity index (χ3n) is 3.36. The van der Waals surface area contributed by atoms with E-state index in [2.05, 4.69) is 20.5 Å². The summed E-state index contributed by atoms with van der Waals surface area (Å²) in [6.45, 7) is 2.54. The Balaban J connectivity index is 1.35. The van der Waals surface area contributed by atoms with Crippen LogP contribution in [0.4, 0.5) is 5.13 Å². The number of oxazole rings is 1. The maximum Gasteiger partial charge on any atom is 0.236 e. The summed E-state index contributed by atoms with van der Waals surface area (Å²) >= 11 is 4.74.